The van der Waals surface area contributed by atoms with Gasteiger partial charge in [0.2, 0.25) is 0 Å². The molecule has 2 aromatic carbocycles. The van der Waals surface area contributed by atoms with Crippen molar-refractivity contribution < 1.29 is 24.2 Å². The number of para-hydroxylation sites is 1. The minimum absolute atomic E-state index is 0.0758. The van der Waals surface area contributed by atoms with Gasteiger partial charge >= 0.3 is 0 Å². The summed E-state index contributed by atoms with van der Waals surface area (Å²) in [5, 5.41) is 11.2. The molecule has 6 heteroatoms. The van der Waals surface area contributed by atoms with Crippen molar-refractivity contribution in [1.82, 2.24) is 4.90 Å². The molecule has 1 amide bonds. The molecule has 1 fully saturated rings. The van der Waals surface area contributed by atoms with E-state index >= 15 is 0 Å². The number of aliphatic hydroxyl groups is 1. The maximum absolute atomic E-state index is 13.1. The molecule has 0 radical (unpaired) electrons. The molecule has 0 spiro atoms. The van der Waals surface area contributed by atoms with Crippen LogP contribution in [0.5, 0.6) is 11.5 Å². The van der Waals surface area contributed by atoms with Gasteiger partial charge in [-0.1, -0.05) is 25.1 Å². The van der Waals surface area contributed by atoms with Crippen LogP contribution < -0.4 is 9.47 Å². The third-order valence-electron chi connectivity index (χ3n) is 5.33. The number of benzene rings is 2. The first-order chi connectivity index (χ1) is 15.3. The van der Waals surface area contributed by atoms with Crippen molar-refractivity contribution in [3.63, 3.8) is 0 Å². The van der Waals surface area contributed by atoms with Crippen LogP contribution in [0.25, 0.3) is 5.76 Å². The maximum atomic E-state index is 13.1. The molecule has 0 saturated carbocycles. The number of aliphatic hydroxyl groups excluding tert-OH is 1. The zero-order chi connectivity index (χ0) is 23.4. The molecule has 170 valence electrons. The molecule has 3 rings (SSSR count). The van der Waals surface area contributed by atoms with E-state index in [0.29, 0.717) is 42.2 Å². The predicted molar refractivity (Wildman–Crippen MR) is 124 cm³/mol. The van der Waals surface area contributed by atoms with Crippen molar-refractivity contribution in [2.45, 2.75) is 53.2 Å². The average molecular weight is 438 g/mol. The first-order valence-electron chi connectivity index (χ1n) is 11.1. The highest BCUT2D eigenvalue weighted by molar-refractivity contribution is 6.46. The van der Waals surface area contributed by atoms with E-state index in [4.69, 9.17) is 9.47 Å². The van der Waals surface area contributed by atoms with Crippen molar-refractivity contribution in [3.05, 3.63) is 64.7 Å². The highest BCUT2D eigenvalue weighted by Crippen LogP contribution is 2.43. The van der Waals surface area contributed by atoms with Gasteiger partial charge in [-0.25, -0.2) is 0 Å². The van der Waals surface area contributed by atoms with Crippen LogP contribution in [0.1, 0.15) is 56.8 Å². The van der Waals surface area contributed by atoms with Crippen molar-refractivity contribution in [2.75, 3.05) is 13.2 Å². The van der Waals surface area contributed by atoms with Gasteiger partial charge in [-0.15, -0.1) is 0 Å². The molecular weight excluding hydrogens is 406 g/mol. The number of carbonyl (C=O) groups is 2. The molecule has 6 nitrogen and oxygen atoms in total. The van der Waals surface area contributed by atoms with Crippen LogP contribution in [0.15, 0.2) is 48.0 Å². The van der Waals surface area contributed by atoms with Crippen LogP contribution in [0.2, 0.25) is 0 Å². The fourth-order valence-corrected chi connectivity index (χ4v) is 4.01. The lowest BCUT2D eigenvalue weighted by molar-refractivity contribution is -0.139. The Kier molecular flexibility index (Phi) is 7.23. The molecule has 0 aliphatic carbocycles. The number of ether oxygens (including phenoxy) is 2. The van der Waals surface area contributed by atoms with E-state index in [2.05, 4.69) is 0 Å². The molecular formula is C26H31NO5. The summed E-state index contributed by atoms with van der Waals surface area (Å²) in [5.74, 6) is -0.198. The number of hydrogen-bond donors (Lipinski definition) is 1. The van der Waals surface area contributed by atoms with Crippen LogP contribution >= 0.6 is 0 Å². The van der Waals surface area contributed by atoms with Crippen molar-refractivity contribution in [3.8, 4) is 11.5 Å². The Balaban J connectivity index is 2.19. The van der Waals surface area contributed by atoms with E-state index < -0.39 is 17.7 Å². The summed E-state index contributed by atoms with van der Waals surface area (Å²) in [6, 6.07) is 11.9. The Morgan fingerprint density at radius 2 is 1.81 bits per heavy atom. The van der Waals surface area contributed by atoms with Crippen molar-refractivity contribution in [2.24, 2.45) is 0 Å². The number of amides is 1. The fourth-order valence-electron chi connectivity index (χ4n) is 4.01. The lowest BCUT2D eigenvalue weighted by Crippen LogP contribution is -2.30. The number of carbonyl (C=O) groups excluding carboxylic acids is 2. The molecule has 32 heavy (non-hydrogen) atoms. The van der Waals surface area contributed by atoms with Crippen LogP contribution in [0.3, 0.4) is 0 Å². The third kappa shape index (κ3) is 4.49. The average Bonchev–Trinajstić information content (AvgIpc) is 3.00. The number of nitrogens with zero attached hydrogens (tertiary/aromatic N) is 1. The van der Waals surface area contributed by atoms with E-state index in [-0.39, 0.29) is 17.4 Å². The number of Topliss-reactive ketones (excluding diaryl/α,β-unsaturated/α-hetero) is 1. The molecule has 2 aromatic rings. The number of aryl methyl sites for hydroxylation is 1. The second-order valence-electron chi connectivity index (χ2n) is 8.11. The fraction of sp³-hybridized carbons (Fsp3) is 0.385. The molecule has 1 aliphatic heterocycles. The van der Waals surface area contributed by atoms with Crippen molar-refractivity contribution in [1.29, 1.82) is 0 Å². The molecule has 1 aliphatic rings. The maximum Gasteiger partial charge on any atom is 0.295 e. The minimum Gasteiger partial charge on any atom is -0.507 e. The first-order valence-corrected chi connectivity index (χ1v) is 11.1. The molecule has 1 heterocycles. The highest BCUT2D eigenvalue weighted by atomic mass is 16.5. The second-order valence-corrected chi connectivity index (χ2v) is 8.11. The molecule has 1 unspecified atom stereocenters. The zero-order valence-corrected chi connectivity index (χ0v) is 19.3. The Labute approximate surface area is 189 Å². The topological polar surface area (TPSA) is 76.1 Å². The number of rotatable bonds is 8. The smallest absolute Gasteiger partial charge is 0.295 e. The van der Waals surface area contributed by atoms with Crippen LogP contribution in [0, 0.1) is 6.92 Å². The summed E-state index contributed by atoms with van der Waals surface area (Å²) in [5.41, 5.74) is 2.05. The number of hydrogen-bond acceptors (Lipinski definition) is 5. The Morgan fingerprint density at radius 3 is 2.44 bits per heavy atom. The minimum atomic E-state index is -0.725. The normalized spacial score (nSPS) is 17.8. The van der Waals surface area contributed by atoms with Gasteiger partial charge in [0.25, 0.3) is 11.7 Å². The summed E-state index contributed by atoms with van der Waals surface area (Å²) >= 11 is 0. The van der Waals surface area contributed by atoms with Gasteiger partial charge in [0.15, 0.2) is 0 Å². The quantitative estimate of drug-likeness (QED) is 0.357. The SMILES string of the molecule is CCCN1C(=O)C(=O)/C(=C(\O)c2ccc(OCC)c(C)c2)C1c1ccccc1OC(C)C. The number of ketones is 1. The van der Waals surface area contributed by atoms with E-state index in [1.165, 1.54) is 4.90 Å². The van der Waals surface area contributed by atoms with Gasteiger partial charge in [0, 0.05) is 17.7 Å². The lowest BCUT2D eigenvalue weighted by Gasteiger charge is -2.27. The van der Waals surface area contributed by atoms with Gasteiger partial charge < -0.3 is 19.5 Å². The van der Waals surface area contributed by atoms with E-state index in [9.17, 15) is 14.7 Å². The predicted octanol–water partition coefficient (Wildman–Crippen LogP) is 5.01. The highest BCUT2D eigenvalue weighted by Gasteiger charge is 2.46. The van der Waals surface area contributed by atoms with Crippen LogP contribution in [-0.4, -0.2) is 41.0 Å². The molecule has 0 aromatic heterocycles. The first kappa shape index (κ1) is 23.4. The van der Waals surface area contributed by atoms with Gasteiger partial charge in [0.1, 0.15) is 17.3 Å². The van der Waals surface area contributed by atoms with Crippen molar-refractivity contribution >= 4 is 17.4 Å². The molecule has 1 N–H and O–H groups in total. The monoisotopic (exact) mass is 437 g/mol. The van der Waals surface area contributed by atoms with E-state index in [1.807, 2.05) is 58.9 Å². The van der Waals surface area contributed by atoms with E-state index in [0.717, 1.165) is 5.56 Å². The van der Waals surface area contributed by atoms with Gasteiger partial charge in [0.05, 0.1) is 24.3 Å². The standard InChI is InChI=1S/C26H31NO5/c1-6-14-27-23(19-10-8-9-11-21(19)32-16(3)4)22(25(29)26(27)30)24(28)18-12-13-20(31-7-2)17(5)15-18/h8-13,15-16,23,28H,6-7,14H2,1-5H3/b24-22-. The summed E-state index contributed by atoms with van der Waals surface area (Å²) in [4.78, 5) is 27.6. The summed E-state index contributed by atoms with van der Waals surface area (Å²) < 4.78 is 11.6. The molecule has 0 bridgehead atoms. The van der Waals surface area contributed by atoms with Gasteiger partial charge in [-0.2, -0.15) is 0 Å². The lowest BCUT2D eigenvalue weighted by atomic mass is 9.94. The summed E-state index contributed by atoms with van der Waals surface area (Å²) in [7, 11) is 0. The Hall–Kier alpha value is -3.28. The van der Waals surface area contributed by atoms with Gasteiger partial charge in [-0.3, -0.25) is 9.59 Å². The van der Waals surface area contributed by atoms with Gasteiger partial charge in [-0.05, 0) is 63.9 Å². The third-order valence-corrected chi connectivity index (χ3v) is 5.33. The van der Waals surface area contributed by atoms with Crippen LogP contribution in [-0.2, 0) is 9.59 Å². The van der Waals surface area contributed by atoms with Crippen LogP contribution in [0.4, 0.5) is 0 Å². The Bertz CT molecular complexity index is 1040. The zero-order valence-electron chi connectivity index (χ0n) is 19.3. The Morgan fingerprint density at radius 1 is 1.09 bits per heavy atom. The van der Waals surface area contributed by atoms with E-state index in [1.54, 1.807) is 18.2 Å². The molecule has 1 atom stereocenters. The molecule has 1 saturated heterocycles. The largest absolute Gasteiger partial charge is 0.507 e. The summed E-state index contributed by atoms with van der Waals surface area (Å²) in [6.45, 7) is 10.5. The second kappa shape index (κ2) is 9.90. The number of likely N-dealkylation sites (tertiary alicyclic amines) is 1. The summed E-state index contributed by atoms with van der Waals surface area (Å²) in [6.07, 6.45) is 0.595.